The van der Waals surface area contributed by atoms with Crippen molar-refractivity contribution in [2.45, 2.75) is 12.8 Å². The van der Waals surface area contributed by atoms with E-state index in [1.807, 2.05) is 60.7 Å². The van der Waals surface area contributed by atoms with Crippen LogP contribution in [0.2, 0.25) is 0 Å². The fourth-order valence-electron chi connectivity index (χ4n) is 8.43. The highest BCUT2D eigenvalue weighted by atomic mass is 15.0. The molecule has 0 bridgehead atoms. The van der Waals surface area contributed by atoms with Crippen LogP contribution >= 0.6 is 0 Å². The molecule has 0 atom stereocenters. The summed E-state index contributed by atoms with van der Waals surface area (Å²) in [5, 5.41) is 3.72. The summed E-state index contributed by atoms with van der Waals surface area (Å²) in [4.78, 5) is 15.0. The zero-order chi connectivity index (χ0) is 37.0. The molecule has 3 aromatic heterocycles. The molecule has 0 N–H and O–H groups in total. The van der Waals surface area contributed by atoms with E-state index in [9.17, 15) is 0 Å². The van der Waals surface area contributed by atoms with Crippen molar-refractivity contribution >= 4 is 38.8 Å². The van der Waals surface area contributed by atoms with Gasteiger partial charge in [-0.15, -0.1) is 0 Å². The lowest BCUT2D eigenvalue weighted by Gasteiger charge is -2.13. The van der Waals surface area contributed by atoms with E-state index in [4.69, 9.17) is 15.0 Å². The van der Waals surface area contributed by atoms with Crippen molar-refractivity contribution in [3.8, 4) is 56.7 Å². The fourth-order valence-corrected chi connectivity index (χ4v) is 8.43. The van der Waals surface area contributed by atoms with E-state index in [-0.39, 0.29) is 0 Å². The molecule has 5 nitrogen and oxygen atoms in total. The SMILES string of the molecule is C1=Cc2c(n(-c3ccccc3)c3ccc(-c4ccc5c(c4)c4ccccc4n5-c4cccc(-c5nc(-c6ccccc6)nc(-c6ccccc6)n5)c4)cc23)CC1. The van der Waals surface area contributed by atoms with Crippen LogP contribution in [0.3, 0.4) is 0 Å². The molecule has 0 unspecified atom stereocenters. The number of rotatable bonds is 6. The average molecular weight is 718 g/mol. The van der Waals surface area contributed by atoms with Crippen molar-refractivity contribution in [1.82, 2.24) is 24.1 Å². The van der Waals surface area contributed by atoms with Crippen LogP contribution in [0.4, 0.5) is 0 Å². The number of hydrogen-bond donors (Lipinski definition) is 0. The third kappa shape index (κ3) is 5.36. The van der Waals surface area contributed by atoms with Crippen LogP contribution in [0.25, 0.3) is 95.5 Å². The standard InChI is InChI=1S/C51H35N5/c1-4-15-34(16-5-1)49-52-50(35-17-6-2-7-18-35)54-51(53-49)38-19-14-22-40(31-38)56-46-26-13-11-24-42(46)44-33-37(28-30-48(44)56)36-27-29-47-43(32-36)41-23-10-12-25-45(41)55(47)39-20-8-3-9-21-39/h1-11,13-24,26-33H,12,25H2. The molecular formula is C51H35N5. The summed E-state index contributed by atoms with van der Waals surface area (Å²) in [6.45, 7) is 0. The summed E-state index contributed by atoms with van der Waals surface area (Å²) in [6, 6.07) is 62.1. The third-order valence-corrected chi connectivity index (χ3v) is 11.0. The lowest BCUT2D eigenvalue weighted by Crippen LogP contribution is -2.02. The predicted molar refractivity (Wildman–Crippen MR) is 230 cm³/mol. The molecule has 0 saturated carbocycles. The second-order valence-corrected chi connectivity index (χ2v) is 14.4. The van der Waals surface area contributed by atoms with Gasteiger partial charge >= 0.3 is 0 Å². The van der Waals surface area contributed by atoms with Crippen molar-refractivity contribution < 1.29 is 0 Å². The van der Waals surface area contributed by atoms with Gasteiger partial charge in [0, 0.05) is 55.5 Å². The van der Waals surface area contributed by atoms with Crippen LogP contribution in [0.5, 0.6) is 0 Å². The van der Waals surface area contributed by atoms with E-state index in [0.29, 0.717) is 17.5 Å². The van der Waals surface area contributed by atoms with Gasteiger partial charge in [0.05, 0.1) is 16.6 Å². The highest BCUT2D eigenvalue weighted by Crippen LogP contribution is 2.39. The third-order valence-electron chi connectivity index (χ3n) is 11.0. The minimum atomic E-state index is 0.635. The maximum absolute atomic E-state index is 5.02. The van der Waals surface area contributed by atoms with Crippen LogP contribution < -0.4 is 0 Å². The van der Waals surface area contributed by atoms with E-state index >= 15 is 0 Å². The first-order valence-corrected chi connectivity index (χ1v) is 19.2. The molecule has 7 aromatic carbocycles. The second kappa shape index (κ2) is 13.2. The van der Waals surface area contributed by atoms with Gasteiger partial charge < -0.3 is 9.13 Å². The number of allylic oxidation sites excluding steroid dienone is 1. The van der Waals surface area contributed by atoms with Crippen molar-refractivity contribution in [2.24, 2.45) is 0 Å². The van der Waals surface area contributed by atoms with Crippen molar-refractivity contribution in [3.05, 3.63) is 193 Å². The summed E-state index contributed by atoms with van der Waals surface area (Å²) in [7, 11) is 0. The molecule has 0 aliphatic heterocycles. The van der Waals surface area contributed by atoms with Gasteiger partial charge in [-0.25, -0.2) is 15.0 Å². The smallest absolute Gasteiger partial charge is 0.164 e. The van der Waals surface area contributed by atoms with Crippen LogP contribution in [-0.2, 0) is 6.42 Å². The van der Waals surface area contributed by atoms with Gasteiger partial charge in [0.15, 0.2) is 17.5 Å². The van der Waals surface area contributed by atoms with E-state index in [0.717, 1.165) is 46.3 Å². The predicted octanol–water partition coefficient (Wildman–Crippen LogP) is 12.5. The van der Waals surface area contributed by atoms with Gasteiger partial charge in [-0.2, -0.15) is 0 Å². The Kier molecular flexibility index (Phi) is 7.56. The molecule has 0 radical (unpaired) electrons. The molecule has 1 aliphatic rings. The number of aromatic nitrogens is 5. The number of nitrogens with zero attached hydrogens (tertiary/aromatic N) is 5. The Balaban J connectivity index is 1.04. The largest absolute Gasteiger partial charge is 0.313 e. The highest BCUT2D eigenvalue weighted by Gasteiger charge is 2.20. The van der Waals surface area contributed by atoms with Gasteiger partial charge in [0.1, 0.15) is 0 Å². The monoisotopic (exact) mass is 717 g/mol. The molecule has 1 aliphatic carbocycles. The lowest BCUT2D eigenvalue weighted by atomic mass is 9.98. The summed E-state index contributed by atoms with van der Waals surface area (Å²) in [5.74, 6) is 1.93. The quantitative estimate of drug-likeness (QED) is 0.172. The number of hydrogen-bond acceptors (Lipinski definition) is 3. The van der Waals surface area contributed by atoms with E-state index in [1.54, 1.807) is 0 Å². The van der Waals surface area contributed by atoms with E-state index < -0.39 is 0 Å². The van der Waals surface area contributed by atoms with Crippen molar-refractivity contribution in [2.75, 3.05) is 0 Å². The maximum Gasteiger partial charge on any atom is 0.164 e. The number of benzene rings is 7. The second-order valence-electron chi connectivity index (χ2n) is 14.4. The zero-order valence-electron chi connectivity index (χ0n) is 30.5. The normalized spacial score (nSPS) is 12.4. The summed E-state index contributed by atoms with van der Waals surface area (Å²) < 4.78 is 4.81. The van der Waals surface area contributed by atoms with Crippen LogP contribution in [0.1, 0.15) is 17.7 Å². The first-order valence-electron chi connectivity index (χ1n) is 19.2. The molecule has 0 saturated heterocycles. The molecule has 3 heterocycles. The summed E-state index contributed by atoms with van der Waals surface area (Å²) in [5.41, 5.74) is 13.8. The van der Waals surface area contributed by atoms with E-state index in [2.05, 4.69) is 137 Å². The van der Waals surface area contributed by atoms with Gasteiger partial charge in [0.2, 0.25) is 0 Å². The Bertz CT molecular complexity index is 3060. The Morgan fingerprint density at radius 2 is 0.911 bits per heavy atom. The molecule has 56 heavy (non-hydrogen) atoms. The Labute approximate surface area is 324 Å². The van der Waals surface area contributed by atoms with Gasteiger partial charge in [-0.3, -0.25) is 0 Å². The molecule has 5 heteroatoms. The Morgan fingerprint density at radius 1 is 0.375 bits per heavy atom. The molecule has 0 fully saturated rings. The Hall–Kier alpha value is -7.37. The number of fused-ring (bicyclic) bond motifs is 6. The van der Waals surface area contributed by atoms with Crippen LogP contribution in [-0.4, -0.2) is 24.1 Å². The molecule has 0 spiro atoms. The Morgan fingerprint density at radius 3 is 1.61 bits per heavy atom. The molecular weight excluding hydrogens is 683 g/mol. The molecule has 264 valence electrons. The lowest BCUT2D eigenvalue weighted by molar-refractivity contribution is 0.888. The molecule has 10 aromatic rings. The van der Waals surface area contributed by atoms with Crippen LogP contribution in [0, 0.1) is 0 Å². The highest BCUT2D eigenvalue weighted by molar-refractivity contribution is 6.10. The van der Waals surface area contributed by atoms with Crippen molar-refractivity contribution in [1.29, 1.82) is 0 Å². The summed E-state index contributed by atoms with van der Waals surface area (Å²) in [6.07, 6.45) is 6.72. The van der Waals surface area contributed by atoms with Gasteiger partial charge in [-0.05, 0) is 78.6 Å². The van der Waals surface area contributed by atoms with E-state index in [1.165, 1.54) is 49.7 Å². The minimum Gasteiger partial charge on any atom is -0.313 e. The van der Waals surface area contributed by atoms with Crippen molar-refractivity contribution in [3.63, 3.8) is 0 Å². The maximum atomic E-state index is 5.02. The molecule has 0 amide bonds. The molecule has 11 rings (SSSR count). The fraction of sp³-hybridized carbons (Fsp3) is 0.0392. The number of para-hydroxylation sites is 2. The zero-order valence-corrected chi connectivity index (χ0v) is 30.5. The first-order chi connectivity index (χ1) is 27.8. The topological polar surface area (TPSA) is 48.5 Å². The van der Waals surface area contributed by atoms with Crippen LogP contribution in [0.15, 0.2) is 182 Å². The average Bonchev–Trinajstić information content (AvgIpc) is 3.79. The summed E-state index contributed by atoms with van der Waals surface area (Å²) >= 11 is 0. The van der Waals surface area contributed by atoms with Gasteiger partial charge in [-0.1, -0.05) is 133 Å². The first kappa shape index (κ1) is 32.1. The van der Waals surface area contributed by atoms with Gasteiger partial charge in [0.25, 0.3) is 0 Å². The minimum absolute atomic E-state index is 0.635.